The largest absolute Gasteiger partial charge is 0.416 e. The first-order valence-corrected chi connectivity index (χ1v) is 7.60. The summed E-state index contributed by atoms with van der Waals surface area (Å²) in [7, 11) is 0. The van der Waals surface area contributed by atoms with Crippen LogP contribution in [0.1, 0.15) is 23.6 Å². The minimum absolute atomic E-state index is 0.194. The lowest BCUT2D eigenvalue weighted by Gasteiger charge is -2.35. The molecular formula is C14H17BrF4N2. The van der Waals surface area contributed by atoms with Crippen molar-refractivity contribution in [1.29, 1.82) is 0 Å². The van der Waals surface area contributed by atoms with Crippen LogP contribution in [-0.2, 0) is 6.18 Å². The first kappa shape index (κ1) is 16.7. The van der Waals surface area contributed by atoms with Crippen LogP contribution >= 0.6 is 15.9 Å². The van der Waals surface area contributed by atoms with Crippen molar-refractivity contribution in [3.63, 3.8) is 0 Å². The Morgan fingerprint density at radius 2 is 1.90 bits per heavy atom. The van der Waals surface area contributed by atoms with Crippen LogP contribution in [0.4, 0.5) is 17.6 Å². The molecule has 0 bridgehead atoms. The van der Waals surface area contributed by atoms with Crippen LogP contribution in [0.2, 0.25) is 0 Å². The number of benzene rings is 1. The van der Waals surface area contributed by atoms with E-state index in [1.807, 2.05) is 4.90 Å². The van der Waals surface area contributed by atoms with E-state index in [9.17, 15) is 17.6 Å². The summed E-state index contributed by atoms with van der Waals surface area (Å²) in [6, 6.07) is 3.23. The highest BCUT2D eigenvalue weighted by Crippen LogP contribution is 2.36. The van der Waals surface area contributed by atoms with Gasteiger partial charge in [-0.2, -0.15) is 13.2 Å². The quantitative estimate of drug-likeness (QED) is 0.813. The summed E-state index contributed by atoms with van der Waals surface area (Å²) in [5.74, 6) is 0. The van der Waals surface area contributed by atoms with Crippen molar-refractivity contribution >= 4 is 15.9 Å². The third kappa shape index (κ3) is 4.17. The monoisotopic (exact) mass is 368 g/mol. The van der Waals surface area contributed by atoms with Gasteiger partial charge >= 0.3 is 6.18 Å². The van der Waals surface area contributed by atoms with Crippen LogP contribution in [0.3, 0.4) is 0 Å². The molecule has 118 valence electrons. The van der Waals surface area contributed by atoms with Gasteiger partial charge in [0, 0.05) is 36.7 Å². The second kappa shape index (κ2) is 7.07. The Morgan fingerprint density at radius 1 is 1.24 bits per heavy atom. The molecule has 2 rings (SSSR count). The van der Waals surface area contributed by atoms with Gasteiger partial charge in [0.25, 0.3) is 0 Å². The van der Waals surface area contributed by atoms with Crippen molar-refractivity contribution in [2.45, 2.75) is 18.6 Å². The lowest BCUT2D eigenvalue weighted by atomic mass is 9.99. The number of hydrogen-bond donors (Lipinski definition) is 1. The molecule has 1 aromatic carbocycles. The van der Waals surface area contributed by atoms with Crippen LogP contribution in [0.25, 0.3) is 0 Å². The Bertz CT molecular complexity index is 473. The molecule has 1 aromatic rings. The lowest BCUT2D eigenvalue weighted by molar-refractivity contribution is -0.137. The van der Waals surface area contributed by atoms with Gasteiger partial charge < -0.3 is 5.32 Å². The average molecular weight is 369 g/mol. The Balaban J connectivity index is 2.34. The molecule has 0 aromatic heterocycles. The fourth-order valence-electron chi connectivity index (χ4n) is 2.61. The second-order valence-electron chi connectivity index (χ2n) is 5.01. The van der Waals surface area contributed by atoms with Gasteiger partial charge in [-0.1, -0.05) is 15.9 Å². The van der Waals surface area contributed by atoms with Crippen molar-refractivity contribution in [3.8, 4) is 0 Å². The van der Waals surface area contributed by atoms with E-state index < -0.39 is 18.4 Å². The third-order valence-electron chi connectivity index (χ3n) is 3.66. The predicted octanol–water partition coefficient (Wildman–Crippen LogP) is 3.77. The van der Waals surface area contributed by atoms with Crippen molar-refractivity contribution in [3.05, 3.63) is 33.8 Å². The van der Waals surface area contributed by atoms with Gasteiger partial charge in [0.15, 0.2) is 0 Å². The molecule has 21 heavy (non-hydrogen) atoms. The van der Waals surface area contributed by atoms with Gasteiger partial charge in [0.05, 0.1) is 12.2 Å². The second-order valence-corrected chi connectivity index (χ2v) is 5.87. The first-order valence-electron chi connectivity index (χ1n) is 6.81. The predicted molar refractivity (Wildman–Crippen MR) is 76.9 cm³/mol. The van der Waals surface area contributed by atoms with Gasteiger partial charge in [0.1, 0.15) is 0 Å². The summed E-state index contributed by atoms with van der Waals surface area (Å²) in [6.07, 6.45) is -4.20. The maximum absolute atomic E-state index is 12.9. The topological polar surface area (TPSA) is 15.3 Å². The zero-order valence-corrected chi connectivity index (χ0v) is 13.0. The number of hydrogen-bond acceptors (Lipinski definition) is 2. The van der Waals surface area contributed by atoms with Gasteiger partial charge in [-0.3, -0.25) is 9.29 Å². The molecule has 1 saturated heterocycles. The highest BCUT2D eigenvalue weighted by molar-refractivity contribution is 9.10. The minimum Gasteiger partial charge on any atom is -0.314 e. The lowest BCUT2D eigenvalue weighted by Crippen LogP contribution is -2.45. The van der Waals surface area contributed by atoms with E-state index in [4.69, 9.17) is 0 Å². The van der Waals surface area contributed by atoms with E-state index in [1.54, 1.807) is 0 Å². The first-order chi connectivity index (χ1) is 9.93. The van der Waals surface area contributed by atoms with E-state index in [-0.39, 0.29) is 12.5 Å². The number of halogens is 5. The van der Waals surface area contributed by atoms with E-state index >= 15 is 0 Å². The Labute approximate surface area is 129 Å². The molecule has 0 radical (unpaired) electrons. The summed E-state index contributed by atoms with van der Waals surface area (Å²) in [4.78, 5) is 2.04. The molecular weight excluding hydrogens is 352 g/mol. The highest BCUT2D eigenvalue weighted by Gasteiger charge is 2.32. The average Bonchev–Trinajstić information content (AvgIpc) is 2.45. The van der Waals surface area contributed by atoms with Gasteiger partial charge in [0.2, 0.25) is 0 Å². The van der Waals surface area contributed by atoms with Crippen LogP contribution < -0.4 is 5.32 Å². The molecule has 1 heterocycles. The fourth-order valence-corrected chi connectivity index (χ4v) is 3.12. The van der Waals surface area contributed by atoms with Crippen molar-refractivity contribution < 1.29 is 17.6 Å². The molecule has 1 aliphatic rings. The van der Waals surface area contributed by atoms with E-state index in [2.05, 4.69) is 21.2 Å². The van der Waals surface area contributed by atoms with Crippen LogP contribution in [0.15, 0.2) is 22.7 Å². The molecule has 1 fully saturated rings. The van der Waals surface area contributed by atoms with Gasteiger partial charge in [-0.05, 0) is 30.2 Å². The molecule has 0 spiro atoms. The number of nitrogens with zero attached hydrogens (tertiary/aromatic N) is 1. The minimum atomic E-state index is -4.39. The standard InChI is InChI=1S/C14H17BrF4N2/c15-12-2-1-10(14(17,18)19)9-11(12)13(3-4-16)21-7-5-20-6-8-21/h1-2,9,13,20H,3-8H2/t13-/m0/s1. The molecule has 0 amide bonds. The molecule has 1 N–H and O–H groups in total. The maximum Gasteiger partial charge on any atom is 0.416 e. The molecule has 7 heteroatoms. The van der Waals surface area contributed by atoms with E-state index in [1.165, 1.54) is 6.07 Å². The number of nitrogens with one attached hydrogen (secondary N) is 1. The fraction of sp³-hybridized carbons (Fsp3) is 0.571. The number of rotatable bonds is 4. The molecule has 0 unspecified atom stereocenters. The zero-order chi connectivity index (χ0) is 15.5. The van der Waals surface area contributed by atoms with E-state index in [0.29, 0.717) is 23.1 Å². The van der Waals surface area contributed by atoms with E-state index in [0.717, 1.165) is 25.2 Å². The molecule has 0 saturated carbocycles. The zero-order valence-electron chi connectivity index (χ0n) is 11.4. The molecule has 2 nitrogen and oxygen atoms in total. The van der Waals surface area contributed by atoms with Crippen molar-refractivity contribution in [1.82, 2.24) is 10.2 Å². The van der Waals surface area contributed by atoms with Crippen molar-refractivity contribution in [2.24, 2.45) is 0 Å². The number of piperazine rings is 1. The SMILES string of the molecule is FCC[C@@H](c1cc(C(F)(F)F)ccc1Br)N1CCNCC1. The summed E-state index contributed by atoms with van der Waals surface area (Å²) in [6.45, 7) is 2.37. The van der Waals surface area contributed by atoms with Gasteiger partial charge in [-0.25, -0.2) is 0 Å². The van der Waals surface area contributed by atoms with Crippen LogP contribution in [0, 0.1) is 0 Å². The number of alkyl halides is 4. The Kier molecular flexibility index (Phi) is 5.62. The Morgan fingerprint density at radius 3 is 2.48 bits per heavy atom. The van der Waals surface area contributed by atoms with Gasteiger partial charge in [-0.15, -0.1) is 0 Å². The summed E-state index contributed by atoms with van der Waals surface area (Å²) < 4.78 is 52.1. The highest BCUT2D eigenvalue weighted by atomic mass is 79.9. The summed E-state index contributed by atoms with van der Waals surface area (Å²) >= 11 is 3.30. The summed E-state index contributed by atoms with van der Waals surface area (Å²) in [5, 5.41) is 3.19. The Hall–Kier alpha value is -0.660. The third-order valence-corrected chi connectivity index (χ3v) is 4.38. The molecule has 0 aliphatic carbocycles. The van der Waals surface area contributed by atoms with Crippen LogP contribution in [-0.4, -0.2) is 37.8 Å². The molecule has 1 aliphatic heterocycles. The maximum atomic E-state index is 12.9. The summed E-state index contributed by atoms with van der Waals surface area (Å²) in [5.41, 5.74) is -0.191. The molecule has 1 atom stereocenters. The van der Waals surface area contributed by atoms with Crippen LogP contribution in [0.5, 0.6) is 0 Å². The van der Waals surface area contributed by atoms with Crippen molar-refractivity contribution in [2.75, 3.05) is 32.9 Å². The normalized spacial score (nSPS) is 18.7. The smallest absolute Gasteiger partial charge is 0.314 e.